The third-order valence-corrected chi connectivity index (χ3v) is 2.47. The van der Waals surface area contributed by atoms with Gasteiger partial charge in [-0.15, -0.1) is 0 Å². The van der Waals surface area contributed by atoms with Crippen molar-refractivity contribution in [2.75, 3.05) is 0 Å². The molecule has 1 amide bonds. The predicted molar refractivity (Wildman–Crippen MR) is 55.8 cm³/mol. The molecule has 1 aliphatic rings. The molecule has 1 aromatic rings. The first-order valence-corrected chi connectivity index (χ1v) is 4.83. The summed E-state index contributed by atoms with van der Waals surface area (Å²) in [5.74, 6) is 0.0897. The van der Waals surface area contributed by atoms with Crippen LogP contribution in [0, 0.1) is 0 Å². The molecule has 72 valence electrons. The fraction of sp³-hybridized carbons (Fsp3) is 0.250. The van der Waals surface area contributed by atoms with Gasteiger partial charge in [0.05, 0.1) is 0 Å². The van der Waals surface area contributed by atoms with Gasteiger partial charge in [-0.2, -0.15) is 0 Å². The molecule has 0 saturated heterocycles. The number of carbonyl (C=O) groups is 1. The highest BCUT2D eigenvalue weighted by Crippen LogP contribution is 2.16. The lowest BCUT2D eigenvalue weighted by Crippen LogP contribution is -2.30. The first kappa shape index (κ1) is 9.00. The lowest BCUT2D eigenvalue weighted by atomic mass is 10.2. The van der Waals surface area contributed by atoms with Gasteiger partial charge in [0.2, 0.25) is 0 Å². The number of benzene rings is 1. The minimum absolute atomic E-state index is 0.0897. The quantitative estimate of drug-likeness (QED) is 0.661. The van der Waals surface area contributed by atoms with E-state index in [1.54, 1.807) is 4.90 Å². The summed E-state index contributed by atoms with van der Waals surface area (Å²) in [6.07, 6.45) is 4.87. The van der Waals surface area contributed by atoms with Crippen molar-refractivity contribution < 1.29 is 4.79 Å². The normalized spacial score (nSPS) is 20.1. The molecule has 2 rings (SSSR count). The second-order valence-corrected chi connectivity index (χ2v) is 3.55. The van der Waals surface area contributed by atoms with Crippen molar-refractivity contribution in [1.82, 2.24) is 4.90 Å². The predicted octanol–water partition coefficient (Wildman–Crippen LogP) is 2.43. The molecule has 0 aromatic heterocycles. The minimum atomic E-state index is 0.0897. The van der Waals surface area contributed by atoms with Gasteiger partial charge in [-0.3, -0.25) is 4.79 Å². The molecule has 1 atom stereocenters. The fourth-order valence-electron chi connectivity index (χ4n) is 1.63. The Bertz CT molecular complexity index is 356. The van der Waals surface area contributed by atoms with Gasteiger partial charge in [-0.1, -0.05) is 24.3 Å². The van der Waals surface area contributed by atoms with Crippen LogP contribution in [0.5, 0.6) is 0 Å². The molecule has 1 aliphatic heterocycles. The number of carbonyl (C=O) groups excluding carboxylic acids is 1. The lowest BCUT2D eigenvalue weighted by Gasteiger charge is -2.19. The van der Waals surface area contributed by atoms with Crippen LogP contribution in [0.15, 0.2) is 42.6 Å². The van der Waals surface area contributed by atoms with Gasteiger partial charge in [0.15, 0.2) is 0 Å². The monoisotopic (exact) mass is 187 g/mol. The molecule has 0 bridgehead atoms. The first-order valence-electron chi connectivity index (χ1n) is 4.83. The molecular weight excluding hydrogens is 174 g/mol. The number of nitrogens with zero attached hydrogens (tertiary/aromatic N) is 1. The number of amides is 1. The molecule has 2 heteroatoms. The molecule has 0 radical (unpaired) electrons. The van der Waals surface area contributed by atoms with Crippen molar-refractivity contribution in [2.45, 2.75) is 19.4 Å². The molecule has 0 saturated carbocycles. The minimum Gasteiger partial charge on any atom is -0.312 e. The van der Waals surface area contributed by atoms with Crippen LogP contribution in [0.3, 0.4) is 0 Å². The van der Waals surface area contributed by atoms with Gasteiger partial charge in [0.25, 0.3) is 5.91 Å². The van der Waals surface area contributed by atoms with Crippen LogP contribution in [0.4, 0.5) is 0 Å². The zero-order valence-electron chi connectivity index (χ0n) is 8.18. The number of hydrogen-bond donors (Lipinski definition) is 0. The highest BCUT2D eigenvalue weighted by molar-refractivity contribution is 5.95. The Morgan fingerprint density at radius 3 is 2.64 bits per heavy atom. The van der Waals surface area contributed by atoms with E-state index in [0.29, 0.717) is 6.04 Å². The van der Waals surface area contributed by atoms with Crippen LogP contribution < -0.4 is 0 Å². The smallest absolute Gasteiger partial charge is 0.258 e. The summed E-state index contributed by atoms with van der Waals surface area (Å²) in [6, 6.07) is 9.68. The van der Waals surface area contributed by atoms with Crippen LogP contribution in [0.25, 0.3) is 0 Å². The Balaban J connectivity index is 2.20. The Morgan fingerprint density at radius 1 is 1.36 bits per heavy atom. The van der Waals surface area contributed by atoms with Gasteiger partial charge in [0.1, 0.15) is 0 Å². The maximum absolute atomic E-state index is 11.9. The molecule has 0 aliphatic carbocycles. The topological polar surface area (TPSA) is 20.3 Å². The average molecular weight is 187 g/mol. The molecule has 1 heterocycles. The van der Waals surface area contributed by atoms with Crippen molar-refractivity contribution in [3.05, 3.63) is 48.2 Å². The number of hydrogen-bond acceptors (Lipinski definition) is 1. The van der Waals surface area contributed by atoms with E-state index in [-0.39, 0.29) is 5.91 Å². The summed E-state index contributed by atoms with van der Waals surface area (Å²) in [5, 5.41) is 0. The highest BCUT2D eigenvalue weighted by Gasteiger charge is 2.21. The first-order chi connectivity index (χ1) is 6.79. The summed E-state index contributed by atoms with van der Waals surface area (Å²) in [7, 11) is 0. The van der Waals surface area contributed by atoms with Crippen molar-refractivity contribution in [2.24, 2.45) is 0 Å². The van der Waals surface area contributed by atoms with E-state index in [9.17, 15) is 4.79 Å². The lowest BCUT2D eigenvalue weighted by molar-refractivity contribution is 0.0794. The summed E-state index contributed by atoms with van der Waals surface area (Å²) in [5.41, 5.74) is 0.755. The van der Waals surface area contributed by atoms with Crippen LogP contribution in [-0.2, 0) is 0 Å². The molecule has 0 spiro atoms. The van der Waals surface area contributed by atoms with E-state index in [1.807, 2.05) is 42.6 Å². The van der Waals surface area contributed by atoms with Crippen LogP contribution >= 0.6 is 0 Å². The van der Waals surface area contributed by atoms with E-state index in [0.717, 1.165) is 12.0 Å². The molecule has 1 unspecified atom stereocenters. The number of rotatable bonds is 1. The Hall–Kier alpha value is -1.57. The standard InChI is InChI=1S/C12H13NO/c1-10-6-5-9-13(10)12(14)11-7-3-2-4-8-11/h2-5,7-10H,6H2,1H3. The zero-order chi connectivity index (χ0) is 9.97. The van der Waals surface area contributed by atoms with Crippen LogP contribution in [-0.4, -0.2) is 16.8 Å². The third kappa shape index (κ3) is 1.55. The third-order valence-electron chi connectivity index (χ3n) is 2.47. The second-order valence-electron chi connectivity index (χ2n) is 3.55. The van der Waals surface area contributed by atoms with E-state index in [2.05, 4.69) is 6.92 Å². The Morgan fingerprint density at radius 2 is 2.07 bits per heavy atom. The zero-order valence-corrected chi connectivity index (χ0v) is 8.18. The van der Waals surface area contributed by atoms with E-state index >= 15 is 0 Å². The average Bonchev–Trinajstić information content (AvgIpc) is 2.65. The second kappa shape index (κ2) is 3.66. The largest absolute Gasteiger partial charge is 0.312 e. The Kier molecular flexibility index (Phi) is 2.35. The van der Waals surface area contributed by atoms with Crippen LogP contribution in [0.1, 0.15) is 23.7 Å². The molecule has 14 heavy (non-hydrogen) atoms. The van der Waals surface area contributed by atoms with Crippen molar-refractivity contribution in [1.29, 1.82) is 0 Å². The van der Waals surface area contributed by atoms with Gasteiger partial charge < -0.3 is 4.90 Å². The summed E-state index contributed by atoms with van der Waals surface area (Å²) < 4.78 is 0. The van der Waals surface area contributed by atoms with E-state index in [4.69, 9.17) is 0 Å². The molecular formula is C12H13NO. The summed E-state index contributed by atoms with van der Waals surface area (Å²) in [4.78, 5) is 13.7. The van der Waals surface area contributed by atoms with E-state index < -0.39 is 0 Å². The van der Waals surface area contributed by atoms with E-state index in [1.165, 1.54) is 0 Å². The SMILES string of the molecule is CC1CC=CN1C(=O)c1ccccc1. The molecule has 1 aromatic carbocycles. The molecule has 2 nitrogen and oxygen atoms in total. The van der Waals surface area contributed by atoms with Crippen molar-refractivity contribution in [3.8, 4) is 0 Å². The van der Waals surface area contributed by atoms with Gasteiger partial charge in [-0.25, -0.2) is 0 Å². The molecule has 0 N–H and O–H groups in total. The maximum Gasteiger partial charge on any atom is 0.258 e. The Labute approximate surface area is 83.8 Å². The highest BCUT2D eigenvalue weighted by atomic mass is 16.2. The van der Waals surface area contributed by atoms with Crippen molar-refractivity contribution >= 4 is 5.91 Å². The fourth-order valence-corrected chi connectivity index (χ4v) is 1.63. The van der Waals surface area contributed by atoms with Gasteiger partial charge in [-0.05, 0) is 25.5 Å². The maximum atomic E-state index is 11.9. The van der Waals surface area contributed by atoms with Crippen LogP contribution in [0.2, 0.25) is 0 Å². The van der Waals surface area contributed by atoms with Gasteiger partial charge in [0, 0.05) is 17.8 Å². The van der Waals surface area contributed by atoms with Crippen molar-refractivity contribution in [3.63, 3.8) is 0 Å². The van der Waals surface area contributed by atoms with Gasteiger partial charge >= 0.3 is 0 Å². The summed E-state index contributed by atoms with van der Waals surface area (Å²) >= 11 is 0. The summed E-state index contributed by atoms with van der Waals surface area (Å²) in [6.45, 7) is 2.06. The molecule has 0 fully saturated rings.